The van der Waals surface area contributed by atoms with Crippen LogP contribution in [0.4, 0.5) is 5.69 Å². The second-order valence-corrected chi connectivity index (χ2v) is 5.98. The number of aromatic carboxylic acids is 1. The van der Waals surface area contributed by atoms with E-state index in [2.05, 4.69) is 10.6 Å². The highest BCUT2D eigenvalue weighted by Crippen LogP contribution is 2.33. The van der Waals surface area contributed by atoms with Gasteiger partial charge in [-0.2, -0.15) is 0 Å². The highest BCUT2D eigenvalue weighted by Gasteiger charge is 2.38. The lowest BCUT2D eigenvalue weighted by atomic mass is 9.85. The number of nitrogens with one attached hydrogen (secondary N) is 2. The minimum absolute atomic E-state index is 0.0209. The average molecular weight is 288 g/mol. The van der Waals surface area contributed by atoms with Crippen molar-refractivity contribution in [1.29, 1.82) is 0 Å². The Bertz CT molecular complexity index is 527. The molecule has 5 nitrogen and oxygen atoms in total. The molecule has 3 N–H and O–H groups in total. The average Bonchev–Trinajstić information content (AvgIpc) is 2.92. The van der Waals surface area contributed by atoms with Gasteiger partial charge < -0.3 is 15.7 Å². The van der Waals surface area contributed by atoms with E-state index in [9.17, 15) is 9.59 Å². The van der Waals surface area contributed by atoms with E-state index in [4.69, 9.17) is 5.11 Å². The molecule has 1 saturated heterocycles. The van der Waals surface area contributed by atoms with Crippen LogP contribution in [0.3, 0.4) is 0 Å². The second kappa shape index (κ2) is 5.85. The Morgan fingerprint density at radius 2 is 1.86 bits per heavy atom. The lowest BCUT2D eigenvalue weighted by Crippen LogP contribution is -2.39. The summed E-state index contributed by atoms with van der Waals surface area (Å²) < 4.78 is 0. The van der Waals surface area contributed by atoms with Gasteiger partial charge in [-0.3, -0.25) is 4.79 Å². The molecule has 1 heterocycles. The molecule has 3 rings (SSSR count). The minimum Gasteiger partial charge on any atom is -0.478 e. The molecule has 2 fully saturated rings. The van der Waals surface area contributed by atoms with E-state index in [1.54, 1.807) is 12.1 Å². The molecule has 1 aromatic carbocycles. The van der Waals surface area contributed by atoms with Gasteiger partial charge in [0.15, 0.2) is 0 Å². The maximum Gasteiger partial charge on any atom is 0.335 e. The molecule has 21 heavy (non-hydrogen) atoms. The van der Waals surface area contributed by atoms with Gasteiger partial charge in [-0.25, -0.2) is 4.79 Å². The second-order valence-electron chi connectivity index (χ2n) is 5.98. The molecule has 0 spiro atoms. The number of amides is 1. The summed E-state index contributed by atoms with van der Waals surface area (Å²) in [5.41, 5.74) is 0.861. The summed E-state index contributed by atoms with van der Waals surface area (Å²) in [7, 11) is 0. The van der Waals surface area contributed by atoms with Crippen molar-refractivity contribution in [2.24, 2.45) is 5.92 Å². The van der Waals surface area contributed by atoms with Gasteiger partial charge in [0.25, 0.3) is 0 Å². The zero-order valence-electron chi connectivity index (χ0n) is 11.8. The molecule has 0 bridgehead atoms. The van der Waals surface area contributed by atoms with Crippen molar-refractivity contribution in [1.82, 2.24) is 5.32 Å². The van der Waals surface area contributed by atoms with Crippen molar-refractivity contribution >= 4 is 17.6 Å². The van der Waals surface area contributed by atoms with E-state index in [0.717, 1.165) is 6.42 Å². The smallest absolute Gasteiger partial charge is 0.335 e. The molecule has 1 aromatic rings. The maximum absolute atomic E-state index is 12.3. The number of benzene rings is 1. The first-order valence-electron chi connectivity index (χ1n) is 7.54. The Morgan fingerprint density at radius 3 is 2.52 bits per heavy atom. The van der Waals surface area contributed by atoms with E-state index >= 15 is 0 Å². The van der Waals surface area contributed by atoms with E-state index < -0.39 is 5.97 Å². The summed E-state index contributed by atoms with van der Waals surface area (Å²) in [5, 5.41) is 15.2. The molecular formula is C16H20N2O3. The van der Waals surface area contributed by atoms with E-state index in [-0.39, 0.29) is 17.5 Å². The van der Waals surface area contributed by atoms with Crippen LogP contribution in [0.2, 0.25) is 0 Å². The van der Waals surface area contributed by atoms with Gasteiger partial charge in [0.05, 0.1) is 11.6 Å². The summed E-state index contributed by atoms with van der Waals surface area (Å²) in [5.74, 6) is -0.356. The van der Waals surface area contributed by atoms with Crippen LogP contribution in [0.25, 0.3) is 0 Å². The van der Waals surface area contributed by atoms with Gasteiger partial charge in [-0.1, -0.05) is 12.8 Å². The van der Waals surface area contributed by atoms with Gasteiger partial charge in [-0.15, -0.1) is 0 Å². The maximum atomic E-state index is 12.3. The number of rotatable bonds is 3. The Hall–Kier alpha value is -1.88. The lowest BCUT2D eigenvalue weighted by molar-refractivity contribution is -0.117. The summed E-state index contributed by atoms with van der Waals surface area (Å²) in [6.07, 6.45) is 5.81. The van der Waals surface area contributed by atoms with Crippen LogP contribution in [-0.4, -0.2) is 29.1 Å². The normalized spacial score (nSPS) is 27.9. The molecule has 1 aliphatic carbocycles. The number of fused-ring (bicyclic) bond motifs is 1. The van der Waals surface area contributed by atoms with Crippen LogP contribution < -0.4 is 10.6 Å². The molecule has 0 radical (unpaired) electrons. The molecule has 1 amide bonds. The van der Waals surface area contributed by atoms with E-state index in [1.165, 1.54) is 37.8 Å². The van der Waals surface area contributed by atoms with Gasteiger partial charge in [0.1, 0.15) is 0 Å². The molecular weight excluding hydrogens is 268 g/mol. The highest BCUT2D eigenvalue weighted by atomic mass is 16.4. The van der Waals surface area contributed by atoms with E-state index in [1.807, 2.05) is 0 Å². The molecule has 1 aliphatic heterocycles. The Labute approximate surface area is 123 Å². The van der Waals surface area contributed by atoms with Crippen molar-refractivity contribution in [2.75, 3.05) is 5.32 Å². The number of hydrogen-bond donors (Lipinski definition) is 3. The summed E-state index contributed by atoms with van der Waals surface area (Å²) in [6, 6.07) is 6.62. The van der Waals surface area contributed by atoms with Gasteiger partial charge >= 0.3 is 5.97 Å². The molecule has 112 valence electrons. The Morgan fingerprint density at radius 1 is 1.14 bits per heavy atom. The number of carbonyl (C=O) groups excluding carboxylic acids is 1. The van der Waals surface area contributed by atoms with Crippen LogP contribution in [0.1, 0.15) is 42.5 Å². The molecule has 3 atom stereocenters. The number of anilines is 1. The third-order valence-corrected chi connectivity index (χ3v) is 4.58. The van der Waals surface area contributed by atoms with Gasteiger partial charge in [0, 0.05) is 11.7 Å². The topological polar surface area (TPSA) is 78.4 Å². The van der Waals surface area contributed by atoms with Crippen molar-refractivity contribution in [3.63, 3.8) is 0 Å². The van der Waals surface area contributed by atoms with Crippen LogP contribution in [0.5, 0.6) is 0 Å². The molecule has 0 aromatic heterocycles. The highest BCUT2D eigenvalue weighted by molar-refractivity contribution is 5.95. The van der Waals surface area contributed by atoms with Crippen LogP contribution >= 0.6 is 0 Å². The molecule has 1 saturated carbocycles. The Kier molecular flexibility index (Phi) is 3.92. The summed E-state index contributed by atoms with van der Waals surface area (Å²) in [6.45, 7) is 0. The number of carbonyl (C=O) groups is 2. The monoisotopic (exact) mass is 288 g/mol. The number of hydrogen-bond acceptors (Lipinski definition) is 3. The third kappa shape index (κ3) is 3.08. The van der Waals surface area contributed by atoms with Crippen molar-refractivity contribution < 1.29 is 14.7 Å². The fourth-order valence-corrected chi connectivity index (χ4v) is 3.45. The SMILES string of the molecule is O=C(O)c1ccc(NC(=O)C2CC3CCCCC3N2)cc1. The quantitative estimate of drug-likeness (QED) is 0.797. The zero-order valence-corrected chi connectivity index (χ0v) is 11.8. The first-order valence-corrected chi connectivity index (χ1v) is 7.54. The van der Waals surface area contributed by atoms with Crippen LogP contribution in [0.15, 0.2) is 24.3 Å². The Balaban J connectivity index is 1.60. The predicted molar refractivity (Wildman–Crippen MR) is 79.3 cm³/mol. The van der Waals surface area contributed by atoms with Gasteiger partial charge in [-0.05, 0) is 49.4 Å². The van der Waals surface area contributed by atoms with E-state index in [0.29, 0.717) is 17.6 Å². The number of carboxylic acids is 1. The zero-order chi connectivity index (χ0) is 14.8. The van der Waals surface area contributed by atoms with Crippen molar-refractivity contribution in [3.05, 3.63) is 29.8 Å². The fraction of sp³-hybridized carbons (Fsp3) is 0.500. The van der Waals surface area contributed by atoms with Crippen molar-refractivity contribution in [2.45, 2.75) is 44.2 Å². The van der Waals surface area contributed by atoms with Crippen LogP contribution in [-0.2, 0) is 4.79 Å². The summed E-state index contributed by atoms with van der Waals surface area (Å²) in [4.78, 5) is 23.1. The minimum atomic E-state index is -0.964. The molecule has 5 heteroatoms. The first kappa shape index (κ1) is 14.1. The molecule has 2 aliphatic rings. The van der Waals surface area contributed by atoms with Gasteiger partial charge in [0.2, 0.25) is 5.91 Å². The van der Waals surface area contributed by atoms with Crippen LogP contribution in [0, 0.1) is 5.92 Å². The number of carboxylic acid groups (broad SMARTS) is 1. The third-order valence-electron chi connectivity index (χ3n) is 4.58. The summed E-state index contributed by atoms with van der Waals surface area (Å²) >= 11 is 0. The standard InChI is InChI=1S/C16H20N2O3/c19-15(14-9-11-3-1-2-4-13(11)18-14)17-12-7-5-10(6-8-12)16(20)21/h5-8,11,13-14,18H,1-4,9H2,(H,17,19)(H,20,21). The molecule has 3 unspecified atom stereocenters. The van der Waals surface area contributed by atoms with Crippen molar-refractivity contribution in [3.8, 4) is 0 Å². The largest absolute Gasteiger partial charge is 0.478 e. The fourth-order valence-electron chi connectivity index (χ4n) is 3.45. The lowest BCUT2D eigenvalue weighted by Gasteiger charge is -2.24. The first-order chi connectivity index (χ1) is 10.1. The predicted octanol–water partition coefficient (Wildman–Crippen LogP) is 2.24.